The first-order valence-corrected chi connectivity index (χ1v) is 9.71. The van der Waals surface area contributed by atoms with Gasteiger partial charge in [-0.25, -0.2) is 4.79 Å². The van der Waals surface area contributed by atoms with Crippen molar-refractivity contribution in [3.05, 3.63) is 64.1 Å². The molecule has 0 bridgehead atoms. The number of nitrogens with zero attached hydrogens (tertiary/aromatic N) is 2. The van der Waals surface area contributed by atoms with Crippen molar-refractivity contribution in [3.8, 4) is 0 Å². The number of aromatic nitrogens is 1. The lowest BCUT2D eigenvalue weighted by Gasteiger charge is -2.30. The van der Waals surface area contributed by atoms with E-state index in [1.165, 1.54) is 10.1 Å². The van der Waals surface area contributed by atoms with Crippen LogP contribution in [0, 0.1) is 5.92 Å². The number of anilines is 1. The van der Waals surface area contributed by atoms with Crippen LogP contribution < -0.4 is 11.1 Å². The minimum atomic E-state index is -0.561. The summed E-state index contributed by atoms with van der Waals surface area (Å²) in [5, 5.41) is 2.85. The highest BCUT2D eigenvalue weighted by atomic mass is 16.4. The molecule has 1 aromatic heterocycles. The van der Waals surface area contributed by atoms with Crippen LogP contribution >= 0.6 is 0 Å². The predicted octanol–water partition coefficient (Wildman–Crippen LogP) is 2.77. The van der Waals surface area contributed by atoms with E-state index in [4.69, 9.17) is 4.42 Å². The van der Waals surface area contributed by atoms with Gasteiger partial charge in [0.15, 0.2) is 5.58 Å². The summed E-state index contributed by atoms with van der Waals surface area (Å²) in [5.74, 6) is -0.780. The van der Waals surface area contributed by atoms with Crippen LogP contribution in [-0.4, -0.2) is 27.8 Å². The van der Waals surface area contributed by atoms with Gasteiger partial charge in [-0.1, -0.05) is 32.0 Å². The van der Waals surface area contributed by atoms with Crippen LogP contribution in [-0.2, 0) is 29.1 Å². The molecule has 29 heavy (non-hydrogen) atoms. The van der Waals surface area contributed by atoms with Gasteiger partial charge in [-0.2, -0.15) is 0 Å². The van der Waals surface area contributed by atoms with Gasteiger partial charge in [0.2, 0.25) is 11.8 Å². The summed E-state index contributed by atoms with van der Waals surface area (Å²) in [5.41, 5.74) is 3.91. The molecule has 7 heteroatoms. The van der Waals surface area contributed by atoms with Crippen molar-refractivity contribution in [2.24, 2.45) is 5.92 Å². The quantitative estimate of drug-likeness (QED) is 0.739. The fourth-order valence-electron chi connectivity index (χ4n) is 3.70. The van der Waals surface area contributed by atoms with Crippen molar-refractivity contribution in [1.29, 1.82) is 0 Å². The number of amides is 2. The fraction of sp³-hybridized carbons (Fsp3) is 0.318. The van der Waals surface area contributed by atoms with Gasteiger partial charge in [-0.05, 0) is 41.8 Å². The Balaban J connectivity index is 1.49. The smallest absolute Gasteiger partial charge is 0.408 e. The number of nitrogens with one attached hydrogen (secondary N) is 1. The Bertz CT molecular complexity index is 1140. The molecule has 2 amide bonds. The number of rotatable bonds is 4. The Kier molecular flexibility index (Phi) is 4.96. The Labute approximate surface area is 167 Å². The van der Waals surface area contributed by atoms with E-state index >= 15 is 0 Å². The first-order chi connectivity index (χ1) is 13.9. The molecule has 0 saturated carbocycles. The van der Waals surface area contributed by atoms with Gasteiger partial charge in [0.1, 0.15) is 6.54 Å². The summed E-state index contributed by atoms with van der Waals surface area (Å²) < 4.78 is 6.48. The topological polar surface area (TPSA) is 84.5 Å². The van der Waals surface area contributed by atoms with Crippen molar-refractivity contribution >= 4 is 28.6 Å². The maximum absolute atomic E-state index is 12.5. The third kappa shape index (κ3) is 3.81. The molecule has 2 heterocycles. The average molecular weight is 393 g/mol. The number of carbonyl (C=O) groups is 2. The van der Waals surface area contributed by atoms with Crippen molar-refractivity contribution in [1.82, 2.24) is 9.47 Å². The summed E-state index contributed by atoms with van der Waals surface area (Å²) in [6.45, 7) is 4.92. The molecule has 0 aliphatic carbocycles. The lowest BCUT2D eigenvalue weighted by molar-refractivity contribution is -0.135. The first kappa shape index (κ1) is 19.0. The van der Waals surface area contributed by atoms with E-state index in [0.717, 1.165) is 12.0 Å². The molecule has 2 aromatic carbocycles. The first-order valence-electron chi connectivity index (χ1n) is 9.71. The Hall–Kier alpha value is -3.35. The molecule has 4 rings (SSSR count). The van der Waals surface area contributed by atoms with Crippen LogP contribution in [0.4, 0.5) is 5.69 Å². The largest absolute Gasteiger partial charge is 0.420 e. The van der Waals surface area contributed by atoms with Crippen LogP contribution in [0.2, 0.25) is 0 Å². The number of benzene rings is 2. The highest BCUT2D eigenvalue weighted by Crippen LogP contribution is 2.24. The number of fused-ring (bicyclic) bond motifs is 2. The summed E-state index contributed by atoms with van der Waals surface area (Å²) in [6.07, 6.45) is 0.804. The monoisotopic (exact) mass is 393 g/mol. The molecule has 0 saturated heterocycles. The standard InChI is InChI=1S/C22H23N3O4/c1-14(2)21(27)24-10-9-15-7-8-17(11-16(15)12-24)23-20(26)13-25-18-5-3-4-6-19(18)29-22(25)28/h3-8,11,14H,9-10,12-13H2,1-2H3,(H,23,26). The Morgan fingerprint density at radius 3 is 2.72 bits per heavy atom. The SMILES string of the molecule is CC(C)C(=O)N1CCc2ccc(NC(=O)Cn3c(=O)oc4ccccc43)cc2C1. The van der Waals surface area contributed by atoms with Crippen molar-refractivity contribution in [3.63, 3.8) is 0 Å². The van der Waals surface area contributed by atoms with Crippen molar-refractivity contribution in [2.75, 3.05) is 11.9 Å². The predicted molar refractivity (Wildman–Crippen MR) is 110 cm³/mol. The zero-order valence-electron chi connectivity index (χ0n) is 16.5. The van der Waals surface area contributed by atoms with Gasteiger partial charge < -0.3 is 14.6 Å². The number of carbonyl (C=O) groups excluding carboxylic acids is 2. The maximum Gasteiger partial charge on any atom is 0.420 e. The van der Waals surface area contributed by atoms with E-state index in [1.807, 2.05) is 36.9 Å². The third-order valence-electron chi connectivity index (χ3n) is 5.18. The Morgan fingerprint density at radius 2 is 1.93 bits per heavy atom. The minimum absolute atomic E-state index is 0.0393. The molecule has 1 aliphatic rings. The minimum Gasteiger partial charge on any atom is -0.408 e. The average Bonchev–Trinajstić information content (AvgIpc) is 3.02. The van der Waals surface area contributed by atoms with Gasteiger partial charge in [0, 0.05) is 24.7 Å². The molecule has 3 aromatic rings. The number of hydrogen-bond donors (Lipinski definition) is 1. The van der Waals surface area contributed by atoms with Gasteiger partial charge in [0.25, 0.3) is 0 Å². The normalized spacial score (nSPS) is 13.6. The lowest BCUT2D eigenvalue weighted by atomic mass is 9.98. The van der Waals surface area contributed by atoms with Gasteiger partial charge in [0.05, 0.1) is 5.52 Å². The lowest BCUT2D eigenvalue weighted by Crippen LogP contribution is -2.38. The third-order valence-corrected chi connectivity index (χ3v) is 5.18. The Morgan fingerprint density at radius 1 is 1.14 bits per heavy atom. The molecule has 0 atom stereocenters. The molecule has 1 N–H and O–H groups in total. The van der Waals surface area contributed by atoms with E-state index in [9.17, 15) is 14.4 Å². The molecule has 0 spiro atoms. The van der Waals surface area contributed by atoms with Crippen molar-refractivity contribution < 1.29 is 14.0 Å². The van der Waals surface area contributed by atoms with Crippen LogP contribution in [0.3, 0.4) is 0 Å². The summed E-state index contributed by atoms with van der Waals surface area (Å²) in [7, 11) is 0. The second-order valence-corrected chi connectivity index (χ2v) is 7.62. The summed E-state index contributed by atoms with van der Waals surface area (Å²) in [6, 6.07) is 12.7. The molecule has 0 radical (unpaired) electrons. The van der Waals surface area contributed by atoms with E-state index < -0.39 is 5.76 Å². The zero-order valence-corrected chi connectivity index (χ0v) is 16.5. The van der Waals surface area contributed by atoms with Crippen LogP contribution in [0.5, 0.6) is 0 Å². The van der Waals surface area contributed by atoms with Gasteiger partial charge in [-0.3, -0.25) is 14.2 Å². The molecular weight excluding hydrogens is 370 g/mol. The van der Waals surface area contributed by atoms with Crippen LogP contribution in [0.1, 0.15) is 25.0 Å². The summed E-state index contributed by atoms with van der Waals surface area (Å²) >= 11 is 0. The van der Waals surface area contributed by atoms with E-state index in [-0.39, 0.29) is 24.3 Å². The van der Waals surface area contributed by atoms with Crippen LogP contribution in [0.25, 0.3) is 11.1 Å². The molecule has 0 fully saturated rings. The number of oxazole rings is 1. The molecule has 1 aliphatic heterocycles. The summed E-state index contributed by atoms with van der Waals surface area (Å²) in [4.78, 5) is 38.7. The maximum atomic E-state index is 12.5. The van der Waals surface area contributed by atoms with Gasteiger partial charge in [-0.15, -0.1) is 0 Å². The highest BCUT2D eigenvalue weighted by Gasteiger charge is 2.23. The molecule has 0 unspecified atom stereocenters. The van der Waals surface area contributed by atoms with E-state index in [1.54, 1.807) is 24.3 Å². The fourth-order valence-corrected chi connectivity index (χ4v) is 3.70. The van der Waals surface area contributed by atoms with Crippen molar-refractivity contribution in [2.45, 2.75) is 33.4 Å². The number of para-hydroxylation sites is 2. The second kappa shape index (κ2) is 7.58. The van der Waals surface area contributed by atoms with E-state index in [0.29, 0.717) is 29.9 Å². The van der Waals surface area contributed by atoms with Crippen LogP contribution in [0.15, 0.2) is 51.7 Å². The molecule has 150 valence electrons. The molecular formula is C22H23N3O4. The number of hydrogen-bond acceptors (Lipinski definition) is 4. The highest BCUT2D eigenvalue weighted by molar-refractivity contribution is 5.91. The zero-order chi connectivity index (χ0) is 20.5. The molecule has 7 nitrogen and oxygen atoms in total. The van der Waals surface area contributed by atoms with Gasteiger partial charge >= 0.3 is 5.76 Å². The van der Waals surface area contributed by atoms with E-state index in [2.05, 4.69) is 5.32 Å². The second-order valence-electron chi connectivity index (χ2n) is 7.62.